The monoisotopic (exact) mass is 727 g/mol. The van der Waals surface area contributed by atoms with Gasteiger partial charge in [-0.15, -0.1) is 0 Å². The molecule has 0 unspecified atom stereocenters. The normalized spacial score (nSPS) is 11.5. The lowest BCUT2D eigenvalue weighted by molar-refractivity contribution is 0.918. The van der Waals surface area contributed by atoms with Crippen molar-refractivity contribution in [3.63, 3.8) is 0 Å². The summed E-state index contributed by atoms with van der Waals surface area (Å²) >= 11 is 0. The Morgan fingerprint density at radius 3 is 1.60 bits per heavy atom. The Labute approximate surface area is 329 Å². The van der Waals surface area contributed by atoms with E-state index in [1.54, 1.807) is 0 Å². The van der Waals surface area contributed by atoms with Crippen molar-refractivity contribution in [3.05, 3.63) is 200 Å². The Morgan fingerprint density at radius 1 is 0.386 bits per heavy atom. The minimum absolute atomic E-state index is 0.849. The molecule has 7 aromatic carbocycles. The lowest BCUT2D eigenvalue weighted by Gasteiger charge is -2.13. The van der Waals surface area contributed by atoms with Gasteiger partial charge in [-0.2, -0.15) is 5.10 Å². The quantitative estimate of drug-likeness (QED) is 0.160. The largest absolute Gasteiger partial charge is 0.263 e. The van der Waals surface area contributed by atoms with Gasteiger partial charge in [0.05, 0.1) is 33.6 Å². The fraction of sp³-hybridized carbons (Fsp3) is 0. The van der Waals surface area contributed by atoms with Gasteiger partial charge in [0.15, 0.2) is 0 Å². The zero-order valence-corrected chi connectivity index (χ0v) is 30.8. The second-order valence-electron chi connectivity index (χ2n) is 14.3. The highest BCUT2D eigenvalue weighted by molar-refractivity contribution is 6.18. The van der Waals surface area contributed by atoms with Gasteiger partial charge in [-0.1, -0.05) is 146 Å². The van der Waals surface area contributed by atoms with Gasteiger partial charge < -0.3 is 0 Å². The van der Waals surface area contributed by atoms with E-state index in [4.69, 9.17) is 20.1 Å². The molecule has 0 spiro atoms. The minimum Gasteiger partial charge on any atom is -0.263 e. The minimum atomic E-state index is 0.849. The molecule has 57 heavy (non-hydrogen) atoms. The predicted molar refractivity (Wildman–Crippen MR) is 234 cm³/mol. The smallest absolute Gasteiger partial charge is 0.101 e. The Hall–Kier alpha value is -7.76. The molecule has 11 rings (SSSR count). The van der Waals surface area contributed by atoms with E-state index >= 15 is 0 Å². The van der Waals surface area contributed by atoms with E-state index in [1.165, 1.54) is 0 Å². The molecule has 0 aliphatic rings. The summed E-state index contributed by atoms with van der Waals surface area (Å²) in [7, 11) is 0. The Kier molecular flexibility index (Phi) is 7.74. The second-order valence-corrected chi connectivity index (χ2v) is 14.3. The fourth-order valence-corrected chi connectivity index (χ4v) is 8.05. The van der Waals surface area contributed by atoms with Gasteiger partial charge in [0.2, 0.25) is 0 Å². The lowest BCUT2D eigenvalue weighted by Crippen LogP contribution is -1.97. The molecule has 266 valence electrons. The van der Waals surface area contributed by atoms with E-state index in [1.807, 2.05) is 36.7 Å². The molecule has 4 aromatic heterocycles. The maximum absolute atomic E-state index is 5.38. The van der Waals surface area contributed by atoms with Crippen molar-refractivity contribution in [1.82, 2.24) is 24.7 Å². The number of hydrogen-bond donors (Lipinski definition) is 0. The van der Waals surface area contributed by atoms with Crippen LogP contribution < -0.4 is 0 Å². The van der Waals surface area contributed by atoms with Crippen LogP contribution >= 0.6 is 0 Å². The van der Waals surface area contributed by atoms with Gasteiger partial charge >= 0.3 is 0 Å². The van der Waals surface area contributed by atoms with Crippen molar-refractivity contribution in [2.24, 2.45) is 0 Å². The predicted octanol–water partition coefficient (Wildman–Crippen LogP) is 13.0. The summed E-state index contributed by atoms with van der Waals surface area (Å²) in [5.41, 5.74) is 14.0. The van der Waals surface area contributed by atoms with Crippen molar-refractivity contribution in [3.8, 4) is 61.7 Å². The van der Waals surface area contributed by atoms with Gasteiger partial charge in [0, 0.05) is 56.2 Å². The van der Waals surface area contributed by atoms with Gasteiger partial charge in [-0.25, -0.2) is 14.6 Å². The van der Waals surface area contributed by atoms with Crippen LogP contribution in [0.25, 0.3) is 105 Å². The van der Waals surface area contributed by atoms with Crippen LogP contribution in [0.3, 0.4) is 0 Å². The summed E-state index contributed by atoms with van der Waals surface area (Å²) in [6.45, 7) is 0. The van der Waals surface area contributed by atoms with Gasteiger partial charge in [0.25, 0.3) is 0 Å². The molecule has 0 amide bonds. The van der Waals surface area contributed by atoms with E-state index in [9.17, 15) is 0 Å². The first kappa shape index (κ1) is 32.7. The van der Waals surface area contributed by atoms with Crippen molar-refractivity contribution >= 4 is 43.5 Å². The summed E-state index contributed by atoms with van der Waals surface area (Å²) in [6, 6.07) is 65.7. The van der Waals surface area contributed by atoms with E-state index in [0.717, 1.165) is 105 Å². The van der Waals surface area contributed by atoms with Crippen LogP contribution in [0.15, 0.2) is 200 Å². The van der Waals surface area contributed by atoms with Gasteiger partial charge in [0.1, 0.15) is 5.69 Å². The summed E-state index contributed by atoms with van der Waals surface area (Å²) in [4.78, 5) is 15.1. The lowest BCUT2D eigenvalue weighted by atomic mass is 9.92. The Balaban J connectivity index is 1.09. The molecule has 0 atom stereocenters. The molecule has 0 saturated heterocycles. The first-order valence-electron chi connectivity index (χ1n) is 19.1. The van der Waals surface area contributed by atoms with Crippen LogP contribution in [-0.4, -0.2) is 24.7 Å². The number of nitrogens with zero attached hydrogens (tertiary/aromatic N) is 5. The van der Waals surface area contributed by atoms with Crippen LogP contribution in [0, 0.1) is 0 Å². The molecule has 0 bridgehead atoms. The number of para-hydroxylation sites is 1. The number of hydrogen-bond acceptors (Lipinski definition) is 4. The third kappa shape index (κ3) is 5.72. The van der Waals surface area contributed by atoms with Crippen molar-refractivity contribution in [1.29, 1.82) is 0 Å². The van der Waals surface area contributed by atoms with Crippen LogP contribution in [0.2, 0.25) is 0 Å². The van der Waals surface area contributed by atoms with Crippen LogP contribution in [0.4, 0.5) is 0 Å². The van der Waals surface area contributed by atoms with E-state index < -0.39 is 0 Å². The molecule has 5 heteroatoms. The van der Waals surface area contributed by atoms with Crippen molar-refractivity contribution < 1.29 is 0 Å². The molecular formula is C52H33N5. The SMILES string of the molecule is c1ccc(-c2ccc3ccc4ccc(-c5cncc(-c6ccc7cc(-c8ccccc8)c8c(-c9ccccc9)nn(-c9ccccc9)c8c7c6)c5)nc4c3n2)cc1. The third-order valence-electron chi connectivity index (χ3n) is 10.9. The molecule has 0 aliphatic heterocycles. The topological polar surface area (TPSA) is 56.5 Å². The maximum atomic E-state index is 5.38. The maximum Gasteiger partial charge on any atom is 0.101 e. The number of rotatable bonds is 6. The zero-order chi connectivity index (χ0) is 37.7. The van der Waals surface area contributed by atoms with Gasteiger partial charge in [-0.3, -0.25) is 4.98 Å². The molecule has 5 nitrogen and oxygen atoms in total. The highest BCUT2D eigenvalue weighted by Crippen LogP contribution is 2.43. The highest BCUT2D eigenvalue weighted by atomic mass is 15.3. The summed E-state index contributed by atoms with van der Waals surface area (Å²) in [5.74, 6) is 0. The van der Waals surface area contributed by atoms with E-state index in [0.29, 0.717) is 0 Å². The molecule has 0 N–H and O–H groups in total. The zero-order valence-electron chi connectivity index (χ0n) is 30.8. The van der Waals surface area contributed by atoms with Crippen molar-refractivity contribution in [2.45, 2.75) is 0 Å². The van der Waals surface area contributed by atoms with Gasteiger partial charge in [-0.05, 0) is 64.5 Å². The van der Waals surface area contributed by atoms with Crippen LogP contribution in [0.1, 0.15) is 0 Å². The number of pyridine rings is 3. The number of fused-ring (bicyclic) bond motifs is 6. The number of aromatic nitrogens is 5. The summed E-state index contributed by atoms with van der Waals surface area (Å²) in [5, 5.41) is 10.9. The van der Waals surface area contributed by atoms with Crippen LogP contribution in [-0.2, 0) is 0 Å². The third-order valence-corrected chi connectivity index (χ3v) is 10.9. The standard InChI is InChI=1S/C52H33N5/c1-5-13-34(14-6-1)44-31-40-24-23-39(30-45(40)52-48(44)49(36-17-9-3-10-18-36)56-57(52)43-19-11-4-12-20-43)41-29-42(33-53-32-41)47-28-26-38-22-21-37-25-27-46(35-15-7-2-8-16-35)54-50(37)51(38)55-47/h1-33H. The average molecular weight is 728 g/mol. The highest BCUT2D eigenvalue weighted by Gasteiger charge is 2.21. The molecule has 11 aromatic rings. The molecule has 0 radical (unpaired) electrons. The first-order valence-corrected chi connectivity index (χ1v) is 19.1. The second kappa shape index (κ2) is 13.5. The molecule has 0 saturated carbocycles. The van der Waals surface area contributed by atoms with Crippen molar-refractivity contribution in [2.75, 3.05) is 0 Å². The van der Waals surface area contributed by atoms with Crippen LogP contribution in [0.5, 0.6) is 0 Å². The molecule has 0 fully saturated rings. The Morgan fingerprint density at radius 2 is 0.930 bits per heavy atom. The Bertz CT molecular complexity index is 3270. The first-order chi connectivity index (χ1) is 28.2. The molecule has 0 aliphatic carbocycles. The number of benzene rings is 7. The summed E-state index contributed by atoms with van der Waals surface area (Å²) in [6.07, 6.45) is 3.84. The molecule has 4 heterocycles. The average Bonchev–Trinajstić information content (AvgIpc) is 3.71. The fourth-order valence-electron chi connectivity index (χ4n) is 8.05. The van der Waals surface area contributed by atoms with E-state index in [2.05, 4.69) is 168 Å². The summed E-state index contributed by atoms with van der Waals surface area (Å²) < 4.78 is 2.12. The molecular weight excluding hydrogens is 695 g/mol. The van der Waals surface area contributed by atoms with E-state index in [-0.39, 0.29) is 0 Å².